The maximum absolute atomic E-state index is 5.78. The van der Waals surface area contributed by atoms with Crippen LogP contribution >= 0.6 is 17.6 Å². The zero-order chi connectivity index (χ0) is 15.4. The first-order chi connectivity index (χ1) is 10.4. The molecule has 0 heterocycles. The van der Waals surface area contributed by atoms with E-state index in [2.05, 4.69) is 13.8 Å². The van der Waals surface area contributed by atoms with Crippen molar-refractivity contribution in [3.63, 3.8) is 0 Å². The average molecular weight is 334 g/mol. The molecule has 0 aliphatic rings. The van der Waals surface area contributed by atoms with Crippen LogP contribution in [0.2, 0.25) is 0 Å². The molecular weight excluding hydrogens is 294 g/mol. The van der Waals surface area contributed by atoms with Crippen LogP contribution in [-0.4, -0.2) is 12.3 Å². The maximum atomic E-state index is 5.78. The topological polar surface area (TPSA) is 9.23 Å². The summed E-state index contributed by atoms with van der Waals surface area (Å²) in [5, 5.41) is 0. The van der Waals surface area contributed by atoms with Gasteiger partial charge in [0, 0.05) is 17.6 Å². The Morgan fingerprint density at radius 2 is 0.810 bits per heavy atom. The van der Waals surface area contributed by atoms with E-state index in [0.29, 0.717) is 0 Å². The first-order valence-corrected chi connectivity index (χ1v) is 11.8. The first-order valence-electron chi connectivity index (χ1n) is 9.53. The van der Waals surface area contributed by atoms with Crippen LogP contribution < -0.4 is 0 Å². The third-order valence-corrected chi connectivity index (χ3v) is 6.18. The number of hydrogen-bond donors (Lipinski definition) is 0. The number of unbranched alkanes of at least 4 members (excludes halogenated alkanes) is 12. The Bertz CT molecular complexity index is 159. The summed E-state index contributed by atoms with van der Waals surface area (Å²) in [6.07, 6.45) is 22.4. The standard InChI is InChI=1S/C18H40OP2/c1-3-5-7-9-11-13-15-17-20-19-21-18-16-14-12-10-8-6-4-2/h20-21H,3-18H2,1-2H3. The highest BCUT2D eigenvalue weighted by Crippen LogP contribution is 2.28. The fourth-order valence-electron chi connectivity index (χ4n) is 2.46. The molecule has 2 atom stereocenters. The zero-order valence-corrected chi connectivity index (χ0v) is 16.7. The predicted octanol–water partition coefficient (Wildman–Crippen LogP) is 7.69. The van der Waals surface area contributed by atoms with Gasteiger partial charge in [0.05, 0.1) is 0 Å². The molecule has 0 aliphatic carbocycles. The molecule has 3 heteroatoms. The monoisotopic (exact) mass is 334 g/mol. The molecule has 1 nitrogen and oxygen atoms in total. The van der Waals surface area contributed by atoms with E-state index in [1.807, 2.05) is 0 Å². The van der Waals surface area contributed by atoms with Crippen molar-refractivity contribution in [3.05, 3.63) is 0 Å². The molecule has 0 saturated heterocycles. The Hall–Kier alpha value is 0.820. The van der Waals surface area contributed by atoms with Crippen LogP contribution in [0.15, 0.2) is 0 Å². The molecule has 0 fully saturated rings. The summed E-state index contributed by atoms with van der Waals surface area (Å²) >= 11 is 0. The van der Waals surface area contributed by atoms with Gasteiger partial charge in [-0.1, -0.05) is 90.9 Å². The van der Waals surface area contributed by atoms with E-state index < -0.39 is 0 Å². The van der Waals surface area contributed by atoms with Gasteiger partial charge in [-0.25, -0.2) is 0 Å². The molecule has 0 saturated carbocycles. The van der Waals surface area contributed by atoms with Gasteiger partial charge in [0.25, 0.3) is 0 Å². The Morgan fingerprint density at radius 1 is 0.476 bits per heavy atom. The summed E-state index contributed by atoms with van der Waals surface area (Å²) in [5.74, 6) is 0. The van der Waals surface area contributed by atoms with Crippen molar-refractivity contribution in [1.82, 2.24) is 0 Å². The van der Waals surface area contributed by atoms with E-state index >= 15 is 0 Å². The van der Waals surface area contributed by atoms with Gasteiger partial charge in [0.2, 0.25) is 0 Å². The molecule has 0 amide bonds. The van der Waals surface area contributed by atoms with E-state index in [4.69, 9.17) is 4.31 Å². The van der Waals surface area contributed by atoms with Crippen molar-refractivity contribution >= 4 is 17.6 Å². The van der Waals surface area contributed by atoms with Crippen molar-refractivity contribution < 1.29 is 4.31 Å². The fraction of sp³-hybridized carbons (Fsp3) is 1.00. The number of rotatable bonds is 18. The predicted molar refractivity (Wildman–Crippen MR) is 103 cm³/mol. The van der Waals surface area contributed by atoms with Gasteiger partial charge >= 0.3 is 0 Å². The van der Waals surface area contributed by atoms with Crippen LogP contribution in [0.25, 0.3) is 0 Å². The van der Waals surface area contributed by atoms with Crippen LogP contribution in [0.5, 0.6) is 0 Å². The highest BCUT2D eigenvalue weighted by molar-refractivity contribution is 7.46. The Balaban J connectivity index is 2.90. The normalized spacial score (nSPS) is 12.3. The lowest BCUT2D eigenvalue weighted by molar-refractivity contribution is 0.597. The van der Waals surface area contributed by atoms with Gasteiger partial charge in [-0.05, 0) is 25.2 Å². The van der Waals surface area contributed by atoms with Gasteiger partial charge < -0.3 is 4.31 Å². The highest BCUT2D eigenvalue weighted by Gasteiger charge is 1.94. The molecule has 2 unspecified atom stereocenters. The van der Waals surface area contributed by atoms with Gasteiger partial charge in [-0.15, -0.1) is 0 Å². The third-order valence-electron chi connectivity index (χ3n) is 3.91. The largest absolute Gasteiger partial charge is 0.344 e. The smallest absolute Gasteiger partial charge is 0.0193 e. The van der Waals surface area contributed by atoms with Crippen molar-refractivity contribution in [2.75, 3.05) is 12.3 Å². The van der Waals surface area contributed by atoms with Crippen molar-refractivity contribution in [3.8, 4) is 0 Å². The van der Waals surface area contributed by atoms with E-state index in [0.717, 1.165) is 17.6 Å². The van der Waals surface area contributed by atoms with Crippen LogP contribution in [0, 0.1) is 0 Å². The summed E-state index contributed by atoms with van der Waals surface area (Å²) < 4.78 is 5.78. The van der Waals surface area contributed by atoms with Crippen LogP contribution in [0.4, 0.5) is 0 Å². The zero-order valence-electron chi connectivity index (χ0n) is 14.7. The van der Waals surface area contributed by atoms with Gasteiger partial charge in [0.1, 0.15) is 0 Å². The first kappa shape index (κ1) is 21.8. The van der Waals surface area contributed by atoms with E-state index in [-0.39, 0.29) is 0 Å². The van der Waals surface area contributed by atoms with Crippen LogP contribution in [0.3, 0.4) is 0 Å². The molecule has 128 valence electrons. The van der Waals surface area contributed by atoms with E-state index in [1.165, 1.54) is 102 Å². The lowest BCUT2D eigenvalue weighted by Gasteiger charge is -2.04. The fourth-order valence-corrected chi connectivity index (χ4v) is 4.48. The summed E-state index contributed by atoms with van der Waals surface area (Å²) in [6, 6.07) is 0. The summed E-state index contributed by atoms with van der Waals surface area (Å²) in [6.45, 7) is 4.57. The van der Waals surface area contributed by atoms with Crippen LogP contribution in [-0.2, 0) is 4.31 Å². The van der Waals surface area contributed by atoms with Crippen molar-refractivity contribution in [2.24, 2.45) is 0 Å². The summed E-state index contributed by atoms with van der Waals surface area (Å²) in [5.41, 5.74) is 0. The summed E-state index contributed by atoms with van der Waals surface area (Å²) in [4.78, 5) is 0. The molecule has 0 aromatic carbocycles. The van der Waals surface area contributed by atoms with Gasteiger partial charge in [0.15, 0.2) is 0 Å². The average Bonchev–Trinajstić information content (AvgIpc) is 2.50. The SMILES string of the molecule is CCCCCCCCCPOPCCCCCCCCC. The number of hydrogen-bond acceptors (Lipinski definition) is 1. The molecule has 0 radical (unpaired) electrons. The molecule has 0 aromatic heterocycles. The van der Waals surface area contributed by atoms with Gasteiger partial charge in [-0.3, -0.25) is 0 Å². The lowest BCUT2D eigenvalue weighted by Crippen LogP contribution is -1.83. The second kappa shape index (κ2) is 20.8. The van der Waals surface area contributed by atoms with Crippen LogP contribution in [0.1, 0.15) is 104 Å². The Kier molecular flexibility index (Phi) is 21.6. The Morgan fingerprint density at radius 3 is 1.19 bits per heavy atom. The van der Waals surface area contributed by atoms with Crippen molar-refractivity contribution in [2.45, 2.75) is 104 Å². The molecule has 0 spiro atoms. The minimum atomic E-state index is 0.769. The third kappa shape index (κ3) is 20.8. The quantitative estimate of drug-likeness (QED) is 0.184. The van der Waals surface area contributed by atoms with Gasteiger partial charge in [-0.2, -0.15) is 0 Å². The molecule has 0 rings (SSSR count). The maximum Gasteiger partial charge on any atom is 0.0193 e. The van der Waals surface area contributed by atoms with E-state index in [9.17, 15) is 0 Å². The molecule has 0 aliphatic heterocycles. The minimum absolute atomic E-state index is 0.769. The summed E-state index contributed by atoms with van der Waals surface area (Å²) in [7, 11) is 1.54. The highest BCUT2D eigenvalue weighted by atomic mass is 31.2. The Labute approximate surface area is 138 Å². The molecular formula is C18H40OP2. The van der Waals surface area contributed by atoms with Crippen molar-refractivity contribution in [1.29, 1.82) is 0 Å². The second-order valence-electron chi connectivity index (χ2n) is 6.13. The molecule has 0 bridgehead atoms. The molecule has 0 N–H and O–H groups in total. The second-order valence-corrected chi connectivity index (χ2v) is 8.53. The minimum Gasteiger partial charge on any atom is -0.344 e. The van der Waals surface area contributed by atoms with E-state index in [1.54, 1.807) is 0 Å². The molecule has 21 heavy (non-hydrogen) atoms. The lowest BCUT2D eigenvalue weighted by atomic mass is 10.1. The molecule has 0 aromatic rings.